The van der Waals surface area contributed by atoms with E-state index in [1.165, 1.54) is 4.31 Å². The fourth-order valence-corrected chi connectivity index (χ4v) is 3.37. The van der Waals surface area contributed by atoms with Gasteiger partial charge in [0.25, 0.3) is 10.2 Å². The van der Waals surface area contributed by atoms with Crippen LogP contribution in [0, 0.1) is 11.3 Å². The van der Waals surface area contributed by atoms with E-state index in [9.17, 15) is 13.2 Å². The number of piperidine rings is 1. The third kappa shape index (κ3) is 4.74. The molecule has 1 aliphatic heterocycles. The van der Waals surface area contributed by atoms with E-state index in [4.69, 9.17) is 5.11 Å². The first-order valence-electron chi connectivity index (χ1n) is 6.65. The van der Waals surface area contributed by atoms with E-state index in [1.54, 1.807) is 0 Å². The van der Waals surface area contributed by atoms with Gasteiger partial charge in [-0.3, -0.25) is 4.79 Å². The quantitative estimate of drug-likeness (QED) is 0.766. The molecule has 1 fully saturated rings. The molecule has 1 atom stereocenters. The van der Waals surface area contributed by atoms with Crippen molar-refractivity contribution in [1.82, 2.24) is 9.03 Å². The molecule has 1 saturated heterocycles. The molecular formula is C12H24N2O4S. The Hall–Kier alpha value is -0.660. The molecule has 0 aromatic heterocycles. The van der Waals surface area contributed by atoms with Gasteiger partial charge < -0.3 is 5.11 Å². The molecule has 2 N–H and O–H groups in total. The topological polar surface area (TPSA) is 86.7 Å². The number of carboxylic acids is 1. The lowest BCUT2D eigenvalue weighted by atomic mass is 9.91. The zero-order chi connectivity index (χ0) is 14.7. The lowest BCUT2D eigenvalue weighted by Gasteiger charge is -2.31. The third-order valence-electron chi connectivity index (χ3n) is 3.76. The van der Waals surface area contributed by atoms with Crippen LogP contribution in [0.2, 0.25) is 0 Å². The van der Waals surface area contributed by atoms with Crippen LogP contribution in [-0.2, 0) is 15.0 Å². The largest absolute Gasteiger partial charge is 0.481 e. The van der Waals surface area contributed by atoms with Crippen molar-refractivity contribution in [3.05, 3.63) is 0 Å². The smallest absolute Gasteiger partial charge is 0.307 e. The minimum atomic E-state index is -3.57. The van der Waals surface area contributed by atoms with Crippen LogP contribution in [-0.4, -0.2) is 43.4 Å². The summed E-state index contributed by atoms with van der Waals surface area (Å²) in [7, 11) is -3.57. The minimum Gasteiger partial charge on any atom is -0.481 e. The van der Waals surface area contributed by atoms with E-state index < -0.39 is 22.1 Å². The highest BCUT2D eigenvalue weighted by molar-refractivity contribution is 7.87. The molecule has 1 unspecified atom stereocenters. The van der Waals surface area contributed by atoms with Gasteiger partial charge in [-0.05, 0) is 24.7 Å². The molecular weight excluding hydrogens is 268 g/mol. The Balaban J connectivity index is 2.64. The van der Waals surface area contributed by atoms with Gasteiger partial charge in [0.15, 0.2) is 0 Å². The summed E-state index contributed by atoms with van der Waals surface area (Å²) >= 11 is 0. The molecule has 7 heteroatoms. The number of aliphatic carboxylic acids is 1. The average molecular weight is 292 g/mol. The molecule has 0 radical (unpaired) electrons. The minimum absolute atomic E-state index is 0.0667. The number of hydrogen-bond donors (Lipinski definition) is 2. The number of hydrogen-bond acceptors (Lipinski definition) is 3. The third-order valence-corrected chi connectivity index (χ3v) is 5.28. The van der Waals surface area contributed by atoms with Gasteiger partial charge in [0.2, 0.25) is 0 Å². The Bertz CT molecular complexity index is 419. The van der Waals surface area contributed by atoms with Crippen molar-refractivity contribution in [3.63, 3.8) is 0 Å². The molecule has 19 heavy (non-hydrogen) atoms. The zero-order valence-electron chi connectivity index (χ0n) is 11.8. The number of nitrogens with zero attached hydrogens (tertiary/aromatic N) is 1. The molecule has 0 aromatic carbocycles. The maximum Gasteiger partial charge on any atom is 0.307 e. The number of nitrogens with one attached hydrogen (secondary N) is 1. The second-order valence-electron chi connectivity index (χ2n) is 5.88. The maximum absolute atomic E-state index is 12.1. The molecule has 0 spiro atoms. The molecule has 1 rings (SSSR count). The van der Waals surface area contributed by atoms with E-state index in [-0.39, 0.29) is 12.0 Å². The van der Waals surface area contributed by atoms with E-state index in [0.29, 0.717) is 25.9 Å². The Morgan fingerprint density at radius 3 is 2.63 bits per heavy atom. The summed E-state index contributed by atoms with van der Waals surface area (Å²) in [6.07, 6.45) is 2.00. The summed E-state index contributed by atoms with van der Waals surface area (Å²) in [4.78, 5) is 10.9. The molecule has 1 heterocycles. The summed E-state index contributed by atoms with van der Waals surface area (Å²) < 4.78 is 28.1. The molecule has 1 aliphatic rings. The van der Waals surface area contributed by atoms with Crippen LogP contribution in [0.25, 0.3) is 0 Å². The fraction of sp³-hybridized carbons (Fsp3) is 0.917. The summed E-state index contributed by atoms with van der Waals surface area (Å²) in [6.45, 7) is 6.82. The zero-order valence-corrected chi connectivity index (χ0v) is 12.7. The Kier molecular flexibility index (Phi) is 5.34. The van der Waals surface area contributed by atoms with Gasteiger partial charge in [-0.25, -0.2) is 4.72 Å². The van der Waals surface area contributed by atoms with Crippen molar-refractivity contribution in [2.24, 2.45) is 11.3 Å². The predicted molar refractivity (Wildman–Crippen MR) is 72.9 cm³/mol. The molecule has 6 nitrogen and oxygen atoms in total. The van der Waals surface area contributed by atoms with E-state index in [1.807, 2.05) is 20.8 Å². The van der Waals surface area contributed by atoms with Crippen molar-refractivity contribution < 1.29 is 18.3 Å². The number of rotatable bonds is 6. The SMILES string of the molecule is CCC(C)(C)CNS(=O)(=O)N1CCCC(C(=O)O)C1. The normalized spacial score (nSPS) is 22.4. The van der Waals surface area contributed by atoms with Gasteiger partial charge >= 0.3 is 5.97 Å². The van der Waals surface area contributed by atoms with Crippen molar-refractivity contribution in [3.8, 4) is 0 Å². The standard InChI is InChI=1S/C12H24N2O4S/c1-4-12(2,3)9-13-19(17,18)14-7-5-6-10(8-14)11(15)16/h10,13H,4-9H2,1-3H3,(H,15,16). The number of carbonyl (C=O) groups is 1. The van der Waals surface area contributed by atoms with Gasteiger partial charge in [0.05, 0.1) is 5.92 Å². The Morgan fingerprint density at radius 1 is 1.47 bits per heavy atom. The average Bonchev–Trinajstić information content (AvgIpc) is 2.37. The van der Waals surface area contributed by atoms with Gasteiger partial charge in [-0.15, -0.1) is 0 Å². The first-order chi connectivity index (χ1) is 8.68. The highest BCUT2D eigenvalue weighted by Crippen LogP contribution is 2.21. The van der Waals surface area contributed by atoms with Crippen molar-refractivity contribution >= 4 is 16.2 Å². The molecule has 0 saturated carbocycles. The fourth-order valence-electron chi connectivity index (χ4n) is 1.87. The van der Waals surface area contributed by atoms with Gasteiger partial charge in [0, 0.05) is 19.6 Å². The number of carboxylic acid groups (broad SMARTS) is 1. The Morgan fingerprint density at radius 2 is 2.11 bits per heavy atom. The van der Waals surface area contributed by atoms with Gasteiger partial charge in [-0.1, -0.05) is 20.8 Å². The monoisotopic (exact) mass is 292 g/mol. The lowest BCUT2D eigenvalue weighted by Crippen LogP contribution is -2.49. The van der Waals surface area contributed by atoms with Crippen molar-refractivity contribution in [2.75, 3.05) is 19.6 Å². The summed E-state index contributed by atoms with van der Waals surface area (Å²) in [5, 5.41) is 8.98. The lowest BCUT2D eigenvalue weighted by molar-refractivity contribution is -0.142. The van der Waals surface area contributed by atoms with Crippen molar-refractivity contribution in [1.29, 1.82) is 0 Å². The molecule has 0 aliphatic carbocycles. The summed E-state index contributed by atoms with van der Waals surface area (Å²) in [5.41, 5.74) is -0.102. The van der Waals surface area contributed by atoms with Crippen LogP contribution in [0.4, 0.5) is 0 Å². The molecule has 0 bridgehead atoms. The molecule has 0 aromatic rings. The first kappa shape index (κ1) is 16.4. The second kappa shape index (κ2) is 6.19. The first-order valence-corrected chi connectivity index (χ1v) is 8.09. The van der Waals surface area contributed by atoms with Crippen molar-refractivity contribution in [2.45, 2.75) is 40.0 Å². The van der Waals surface area contributed by atoms with Crippen LogP contribution in [0.5, 0.6) is 0 Å². The van der Waals surface area contributed by atoms with Gasteiger partial charge in [0.1, 0.15) is 0 Å². The summed E-state index contributed by atoms with van der Waals surface area (Å²) in [6, 6.07) is 0. The highest BCUT2D eigenvalue weighted by Gasteiger charge is 2.32. The maximum atomic E-state index is 12.1. The van der Waals surface area contributed by atoms with Crippen LogP contribution >= 0.6 is 0 Å². The van der Waals surface area contributed by atoms with E-state index in [2.05, 4.69) is 4.72 Å². The molecule has 112 valence electrons. The Labute approximate surface area is 115 Å². The highest BCUT2D eigenvalue weighted by atomic mass is 32.2. The summed E-state index contributed by atoms with van der Waals surface area (Å²) in [5.74, 6) is -1.52. The van der Waals surface area contributed by atoms with Crippen LogP contribution in [0.3, 0.4) is 0 Å². The molecule has 0 amide bonds. The van der Waals surface area contributed by atoms with E-state index >= 15 is 0 Å². The predicted octanol–water partition coefficient (Wildman–Crippen LogP) is 1.05. The van der Waals surface area contributed by atoms with Crippen LogP contribution in [0.15, 0.2) is 0 Å². The van der Waals surface area contributed by atoms with Gasteiger partial charge in [-0.2, -0.15) is 12.7 Å². The van der Waals surface area contributed by atoms with Crippen LogP contribution < -0.4 is 4.72 Å². The van der Waals surface area contributed by atoms with Crippen LogP contribution in [0.1, 0.15) is 40.0 Å². The van der Waals surface area contributed by atoms with E-state index in [0.717, 1.165) is 6.42 Å². The second-order valence-corrected chi connectivity index (χ2v) is 7.63.